The number of hydrogen-bond acceptors (Lipinski definition) is 5. The Morgan fingerprint density at radius 2 is 2.00 bits per heavy atom. The molecule has 0 aliphatic rings. The van der Waals surface area contributed by atoms with Crippen LogP contribution in [0.4, 0.5) is 5.69 Å². The maximum atomic E-state index is 12.5. The summed E-state index contributed by atoms with van der Waals surface area (Å²) in [6.45, 7) is 0. The molecule has 0 amide bonds. The molecule has 110 valence electrons. The molecule has 0 saturated heterocycles. The highest BCUT2D eigenvalue weighted by Crippen LogP contribution is 2.27. The summed E-state index contributed by atoms with van der Waals surface area (Å²) in [7, 11) is -3.81. The number of rotatable bonds is 5. The summed E-state index contributed by atoms with van der Waals surface area (Å²) in [6.07, 6.45) is 3.32. The lowest BCUT2D eigenvalue weighted by molar-refractivity contribution is 0.600. The Kier molecular flexibility index (Phi) is 4.81. The van der Waals surface area contributed by atoms with Crippen LogP contribution >= 0.6 is 24.0 Å². The number of aromatic nitrogens is 1. The molecule has 0 atom stereocenters. The summed E-state index contributed by atoms with van der Waals surface area (Å²) >= 11 is 6.30. The Bertz CT molecular complexity index is 776. The van der Waals surface area contributed by atoms with Gasteiger partial charge in [0.15, 0.2) is 0 Å². The molecular formula is C13H13N3O2S3. The maximum Gasteiger partial charge on any atom is 0.264 e. The SMILES string of the molecule is CSc1ccccc1NS(=O)(=O)c1cccnc1C(N)=S. The van der Waals surface area contributed by atoms with Crippen molar-refractivity contribution in [3.8, 4) is 0 Å². The molecule has 1 aromatic heterocycles. The molecule has 2 rings (SSSR count). The van der Waals surface area contributed by atoms with E-state index >= 15 is 0 Å². The number of sulfonamides is 1. The van der Waals surface area contributed by atoms with Crippen molar-refractivity contribution in [1.82, 2.24) is 4.98 Å². The molecule has 3 N–H and O–H groups in total. The van der Waals surface area contributed by atoms with Gasteiger partial charge in [-0.3, -0.25) is 9.71 Å². The zero-order valence-corrected chi connectivity index (χ0v) is 13.6. The van der Waals surface area contributed by atoms with Gasteiger partial charge in [-0.2, -0.15) is 0 Å². The second-order valence-corrected chi connectivity index (χ2v) is 6.96. The van der Waals surface area contributed by atoms with Gasteiger partial charge in [-0.25, -0.2) is 8.42 Å². The molecule has 0 aliphatic carbocycles. The van der Waals surface area contributed by atoms with Crippen LogP contribution in [0.25, 0.3) is 0 Å². The lowest BCUT2D eigenvalue weighted by atomic mass is 10.3. The minimum Gasteiger partial charge on any atom is -0.388 e. The Hall–Kier alpha value is -1.64. The van der Waals surface area contributed by atoms with Crippen LogP contribution in [-0.4, -0.2) is 24.6 Å². The molecule has 0 aliphatic heterocycles. The highest BCUT2D eigenvalue weighted by molar-refractivity contribution is 7.99. The van der Waals surface area contributed by atoms with Gasteiger partial charge in [0, 0.05) is 11.1 Å². The van der Waals surface area contributed by atoms with E-state index < -0.39 is 10.0 Å². The van der Waals surface area contributed by atoms with Crippen molar-refractivity contribution >= 4 is 44.7 Å². The quantitative estimate of drug-likeness (QED) is 0.642. The smallest absolute Gasteiger partial charge is 0.264 e. The molecule has 21 heavy (non-hydrogen) atoms. The third-order valence-electron chi connectivity index (χ3n) is 2.64. The first-order chi connectivity index (χ1) is 9.95. The van der Waals surface area contributed by atoms with E-state index in [4.69, 9.17) is 18.0 Å². The summed E-state index contributed by atoms with van der Waals surface area (Å²) in [6, 6.07) is 10.1. The number of hydrogen-bond donors (Lipinski definition) is 2. The van der Waals surface area contributed by atoms with Crippen molar-refractivity contribution in [3.63, 3.8) is 0 Å². The number of nitrogens with one attached hydrogen (secondary N) is 1. The monoisotopic (exact) mass is 339 g/mol. The Morgan fingerprint density at radius 3 is 2.67 bits per heavy atom. The molecule has 0 saturated carbocycles. The van der Waals surface area contributed by atoms with Gasteiger partial charge in [0.2, 0.25) is 0 Å². The van der Waals surface area contributed by atoms with Crippen LogP contribution in [0.15, 0.2) is 52.4 Å². The predicted octanol–water partition coefficient (Wildman–Crippen LogP) is 2.24. The van der Waals surface area contributed by atoms with E-state index in [1.54, 1.807) is 12.1 Å². The third-order valence-corrected chi connectivity index (χ3v) is 5.03. The second kappa shape index (κ2) is 6.42. The number of thioether (sulfide) groups is 1. The van der Waals surface area contributed by atoms with Crippen molar-refractivity contribution in [1.29, 1.82) is 0 Å². The molecular weight excluding hydrogens is 326 g/mol. The first-order valence-corrected chi connectivity index (χ1v) is 8.98. The minimum atomic E-state index is -3.81. The van der Waals surface area contributed by atoms with Crippen LogP contribution in [0.2, 0.25) is 0 Å². The Labute approximate surface area is 133 Å². The van der Waals surface area contributed by atoms with E-state index in [1.807, 2.05) is 18.4 Å². The summed E-state index contributed by atoms with van der Waals surface area (Å²) in [5.74, 6) is 0. The van der Waals surface area contributed by atoms with E-state index in [9.17, 15) is 8.42 Å². The van der Waals surface area contributed by atoms with Crippen LogP contribution in [0.1, 0.15) is 5.69 Å². The minimum absolute atomic E-state index is 0.0339. The van der Waals surface area contributed by atoms with Crippen molar-refractivity contribution < 1.29 is 8.42 Å². The predicted molar refractivity (Wildman–Crippen MR) is 89.2 cm³/mol. The number of para-hydroxylation sites is 1. The van der Waals surface area contributed by atoms with Crippen molar-refractivity contribution in [2.75, 3.05) is 11.0 Å². The van der Waals surface area contributed by atoms with Crippen molar-refractivity contribution in [2.45, 2.75) is 9.79 Å². The lowest BCUT2D eigenvalue weighted by Crippen LogP contribution is -2.21. The standard InChI is InChI=1S/C13H13N3O2S3/c1-20-10-6-3-2-5-9(10)16-21(17,18)11-7-4-8-15-12(11)13(14)19/h2-8,16H,1H3,(H2,14,19). The average molecular weight is 339 g/mol. The fourth-order valence-electron chi connectivity index (χ4n) is 1.72. The summed E-state index contributed by atoms with van der Waals surface area (Å²) < 4.78 is 27.6. The molecule has 0 bridgehead atoms. The highest BCUT2D eigenvalue weighted by atomic mass is 32.2. The van der Waals surface area contributed by atoms with Gasteiger partial charge in [0.25, 0.3) is 10.0 Å². The zero-order chi connectivity index (χ0) is 15.5. The number of pyridine rings is 1. The van der Waals surface area contributed by atoms with Crippen molar-refractivity contribution in [2.24, 2.45) is 5.73 Å². The summed E-state index contributed by atoms with van der Waals surface area (Å²) in [5.41, 5.74) is 6.12. The van der Waals surface area contributed by atoms with Crippen LogP contribution in [-0.2, 0) is 10.0 Å². The maximum absolute atomic E-state index is 12.5. The topological polar surface area (TPSA) is 85.1 Å². The molecule has 0 spiro atoms. The molecule has 8 heteroatoms. The fourth-order valence-corrected chi connectivity index (χ4v) is 3.82. The van der Waals surface area contributed by atoms with E-state index in [0.717, 1.165) is 4.90 Å². The molecule has 1 aromatic carbocycles. The van der Waals surface area contributed by atoms with E-state index in [-0.39, 0.29) is 15.6 Å². The van der Waals surface area contributed by atoms with Crippen LogP contribution in [0.3, 0.4) is 0 Å². The van der Waals surface area contributed by atoms with Gasteiger partial charge in [-0.15, -0.1) is 11.8 Å². The largest absolute Gasteiger partial charge is 0.388 e. The van der Waals surface area contributed by atoms with Gasteiger partial charge in [-0.1, -0.05) is 24.4 Å². The van der Waals surface area contributed by atoms with Gasteiger partial charge in [0.05, 0.1) is 5.69 Å². The number of benzene rings is 1. The summed E-state index contributed by atoms with van der Waals surface area (Å²) in [4.78, 5) is 4.66. The first kappa shape index (κ1) is 15.7. The molecule has 5 nitrogen and oxygen atoms in total. The normalized spacial score (nSPS) is 11.1. The molecule has 0 radical (unpaired) electrons. The fraction of sp³-hybridized carbons (Fsp3) is 0.0769. The number of nitrogens with zero attached hydrogens (tertiary/aromatic N) is 1. The number of nitrogens with two attached hydrogens (primary N) is 1. The molecule has 2 aromatic rings. The third kappa shape index (κ3) is 3.52. The molecule has 0 unspecified atom stereocenters. The van der Waals surface area contributed by atoms with Crippen LogP contribution in [0.5, 0.6) is 0 Å². The highest BCUT2D eigenvalue weighted by Gasteiger charge is 2.21. The lowest BCUT2D eigenvalue weighted by Gasteiger charge is -2.13. The molecule has 1 heterocycles. The van der Waals surface area contributed by atoms with Gasteiger partial charge < -0.3 is 5.73 Å². The Balaban J connectivity index is 2.46. The number of anilines is 1. The van der Waals surface area contributed by atoms with E-state index in [2.05, 4.69) is 9.71 Å². The summed E-state index contributed by atoms with van der Waals surface area (Å²) in [5, 5.41) is 0. The van der Waals surface area contributed by atoms with Crippen molar-refractivity contribution in [3.05, 3.63) is 48.3 Å². The zero-order valence-electron chi connectivity index (χ0n) is 11.1. The van der Waals surface area contributed by atoms with Gasteiger partial charge in [-0.05, 0) is 30.5 Å². The average Bonchev–Trinajstić information content (AvgIpc) is 2.47. The van der Waals surface area contributed by atoms with Crippen LogP contribution < -0.4 is 10.5 Å². The van der Waals surface area contributed by atoms with Gasteiger partial charge in [0.1, 0.15) is 15.6 Å². The molecule has 0 fully saturated rings. The van der Waals surface area contributed by atoms with Crippen LogP contribution in [0, 0.1) is 0 Å². The Morgan fingerprint density at radius 1 is 1.29 bits per heavy atom. The van der Waals surface area contributed by atoms with E-state index in [0.29, 0.717) is 5.69 Å². The second-order valence-electron chi connectivity index (χ2n) is 4.02. The first-order valence-electron chi connectivity index (χ1n) is 5.86. The van der Waals surface area contributed by atoms with E-state index in [1.165, 1.54) is 30.1 Å². The van der Waals surface area contributed by atoms with Gasteiger partial charge >= 0.3 is 0 Å². The number of thiocarbonyl (C=S) groups is 1.